The molecule has 0 aliphatic heterocycles. The quantitative estimate of drug-likeness (QED) is 0.547. The lowest BCUT2D eigenvalue weighted by Gasteiger charge is -2.12. The lowest BCUT2D eigenvalue weighted by Crippen LogP contribution is -2.16. The Morgan fingerprint density at radius 2 is 2.12 bits per heavy atom. The third kappa shape index (κ3) is 2.88. The van der Waals surface area contributed by atoms with Gasteiger partial charge in [0.1, 0.15) is 5.82 Å². The van der Waals surface area contributed by atoms with Crippen LogP contribution in [0.5, 0.6) is 0 Å². The molecule has 0 aliphatic rings. The minimum Gasteiger partial charge on any atom is -0.335 e. The van der Waals surface area contributed by atoms with Gasteiger partial charge < -0.3 is 4.57 Å². The van der Waals surface area contributed by atoms with Gasteiger partial charge in [-0.3, -0.25) is 9.36 Å². The summed E-state index contributed by atoms with van der Waals surface area (Å²) in [5.74, 6) is 0.874. The first kappa shape index (κ1) is 16.1. The smallest absolute Gasteiger partial charge is 0.193 e. The van der Waals surface area contributed by atoms with Crippen LogP contribution in [0.3, 0.4) is 0 Å². The first-order valence-electron chi connectivity index (χ1n) is 7.91. The van der Waals surface area contributed by atoms with Crippen LogP contribution in [0, 0.1) is 0 Å². The highest BCUT2D eigenvalue weighted by Crippen LogP contribution is 2.23. The van der Waals surface area contributed by atoms with Gasteiger partial charge in [-0.25, -0.2) is 9.97 Å². The second-order valence-corrected chi connectivity index (χ2v) is 6.95. The Kier molecular flexibility index (Phi) is 4.15. The third-order valence-electron chi connectivity index (χ3n) is 4.16. The average Bonchev–Trinajstić information content (AvgIpc) is 3.28. The van der Waals surface area contributed by atoms with Crippen LogP contribution in [0.25, 0.3) is 16.0 Å². The summed E-state index contributed by atoms with van der Waals surface area (Å²) >= 11 is 7.67. The summed E-state index contributed by atoms with van der Waals surface area (Å²) in [6.07, 6.45) is 7.77. The number of imidazole rings is 1. The zero-order valence-corrected chi connectivity index (χ0v) is 15.1. The second kappa shape index (κ2) is 6.46. The molecule has 0 unspecified atom stereocenters. The molecule has 0 aliphatic carbocycles. The van der Waals surface area contributed by atoms with Crippen LogP contribution in [0.4, 0.5) is 0 Å². The highest BCUT2D eigenvalue weighted by atomic mass is 35.5. The molecule has 4 rings (SSSR count). The molecular formula is C18H15ClN4OS. The van der Waals surface area contributed by atoms with E-state index < -0.39 is 0 Å². The van der Waals surface area contributed by atoms with Gasteiger partial charge in [-0.1, -0.05) is 11.6 Å². The van der Waals surface area contributed by atoms with E-state index >= 15 is 0 Å². The van der Waals surface area contributed by atoms with Crippen LogP contribution < -0.4 is 5.43 Å². The molecule has 0 atom stereocenters. The summed E-state index contributed by atoms with van der Waals surface area (Å²) in [7, 11) is 0. The Labute approximate surface area is 153 Å². The number of pyridine rings is 1. The number of halogens is 1. The average molecular weight is 371 g/mol. The molecule has 0 saturated heterocycles. The molecule has 25 heavy (non-hydrogen) atoms. The maximum atomic E-state index is 13.0. The number of thiazole rings is 1. The van der Waals surface area contributed by atoms with E-state index in [2.05, 4.69) is 16.9 Å². The Morgan fingerprint density at radius 3 is 2.88 bits per heavy atom. The summed E-state index contributed by atoms with van der Waals surface area (Å²) in [5, 5.41) is 3.93. The summed E-state index contributed by atoms with van der Waals surface area (Å²) in [5.41, 5.74) is 1.45. The van der Waals surface area contributed by atoms with Gasteiger partial charge in [-0.15, -0.1) is 11.3 Å². The predicted molar refractivity (Wildman–Crippen MR) is 101 cm³/mol. The number of hydrogen-bond acceptors (Lipinski definition) is 4. The van der Waals surface area contributed by atoms with E-state index in [0.29, 0.717) is 22.4 Å². The maximum absolute atomic E-state index is 13.0. The van der Waals surface area contributed by atoms with Crippen molar-refractivity contribution >= 4 is 33.8 Å². The van der Waals surface area contributed by atoms with Gasteiger partial charge in [0.15, 0.2) is 10.6 Å². The fourth-order valence-electron chi connectivity index (χ4n) is 2.94. The first-order chi connectivity index (χ1) is 12.2. The molecule has 5 nitrogen and oxygen atoms in total. The molecule has 0 bridgehead atoms. The van der Waals surface area contributed by atoms with Gasteiger partial charge in [0.05, 0.1) is 5.52 Å². The van der Waals surface area contributed by atoms with Gasteiger partial charge in [0, 0.05) is 59.1 Å². The van der Waals surface area contributed by atoms with Crippen LogP contribution in [0.2, 0.25) is 5.02 Å². The number of benzene rings is 1. The largest absolute Gasteiger partial charge is 0.335 e. The molecule has 0 fully saturated rings. The highest BCUT2D eigenvalue weighted by molar-refractivity contribution is 7.12. The number of hydrogen-bond donors (Lipinski definition) is 0. The SMILES string of the molecule is CCn1ccnc1Cc1cn(-c2nccs2)c2cc(Cl)ccc2c1=O. The van der Waals surface area contributed by atoms with Crippen molar-refractivity contribution in [3.8, 4) is 5.13 Å². The van der Waals surface area contributed by atoms with Crippen molar-refractivity contribution in [3.63, 3.8) is 0 Å². The Morgan fingerprint density at radius 1 is 1.24 bits per heavy atom. The van der Waals surface area contributed by atoms with Crippen LogP contribution in [-0.4, -0.2) is 19.1 Å². The molecule has 4 aromatic rings. The minimum atomic E-state index is 0.00475. The number of aryl methyl sites for hydroxylation is 1. The molecule has 0 N–H and O–H groups in total. The first-order valence-corrected chi connectivity index (χ1v) is 9.17. The number of aromatic nitrogens is 4. The lowest BCUT2D eigenvalue weighted by atomic mass is 10.1. The standard InChI is InChI=1S/C18H15ClN4OS/c1-2-22-7-5-20-16(22)9-12-11-23(18-21-6-8-25-18)15-10-13(19)3-4-14(15)17(12)24/h3-8,10-11H,2,9H2,1H3. The van der Waals surface area contributed by atoms with Crippen molar-refractivity contribution in [2.75, 3.05) is 0 Å². The molecule has 0 saturated carbocycles. The third-order valence-corrected chi connectivity index (χ3v) is 5.16. The summed E-state index contributed by atoms with van der Waals surface area (Å²) < 4.78 is 3.97. The van der Waals surface area contributed by atoms with Gasteiger partial charge >= 0.3 is 0 Å². The van der Waals surface area contributed by atoms with E-state index in [9.17, 15) is 4.79 Å². The minimum absolute atomic E-state index is 0.00475. The molecule has 0 radical (unpaired) electrons. The summed E-state index contributed by atoms with van der Waals surface area (Å²) in [4.78, 5) is 21.8. The molecule has 126 valence electrons. The molecular weight excluding hydrogens is 356 g/mol. The molecule has 1 aromatic carbocycles. The van der Waals surface area contributed by atoms with E-state index in [4.69, 9.17) is 11.6 Å². The second-order valence-electron chi connectivity index (χ2n) is 5.64. The highest BCUT2D eigenvalue weighted by Gasteiger charge is 2.14. The lowest BCUT2D eigenvalue weighted by molar-refractivity contribution is 0.711. The van der Waals surface area contributed by atoms with Crippen molar-refractivity contribution < 1.29 is 0 Å². The van der Waals surface area contributed by atoms with Gasteiger partial charge in [-0.05, 0) is 25.1 Å². The monoisotopic (exact) mass is 370 g/mol. The van der Waals surface area contributed by atoms with Crippen molar-refractivity contribution in [1.82, 2.24) is 19.1 Å². The van der Waals surface area contributed by atoms with Crippen molar-refractivity contribution in [1.29, 1.82) is 0 Å². The van der Waals surface area contributed by atoms with Crippen LogP contribution in [-0.2, 0) is 13.0 Å². The van der Waals surface area contributed by atoms with Gasteiger partial charge in [0.2, 0.25) is 0 Å². The van der Waals surface area contributed by atoms with Crippen LogP contribution in [0.1, 0.15) is 18.3 Å². The molecule has 3 aromatic heterocycles. The Hall–Kier alpha value is -2.44. The van der Waals surface area contributed by atoms with Gasteiger partial charge in [-0.2, -0.15) is 0 Å². The van der Waals surface area contributed by atoms with Crippen molar-refractivity contribution in [2.45, 2.75) is 19.9 Å². The van der Waals surface area contributed by atoms with Crippen molar-refractivity contribution in [2.24, 2.45) is 0 Å². The van der Waals surface area contributed by atoms with E-state index in [0.717, 1.165) is 23.0 Å². The van der Waals surface area contributed by atoms with Crippen molar-refractivity contribution in [3.05, 3.63) is 75.0 Å². The number of rotatable bonds is 4. The van der Waals surface area contributed by atoms with Gasteiger partial charge in [0.25, 0.3) is 0 Å². The fraction of sp³-hybridized carbons (Fsp3) is 0.167. The summed E-state index contributed by atoms with van der Waals surface area (Å²) in [6.45, 7) is 2.88. The van der Waals surface area contributed by atoms with Crippen LogP contribution >= 0.6 is 22.9 Å². The van der Waals surface area contributed by atoms with E-state index in [-0.39, 0.29) is 5.43 Å². The maximum Gasteiger partial charge on any atom is 0.193 e. The summed E-state index contributed by atoms with van der Waals surface area (Å²) in [6, 6.07) is 5.32. The zero-order valence-electron chi connectivity index (χ0n) is 13.5. The van der Waals surface area contributed by atoms with Crippen LogP contribution in [0.15, 0.2) is 53.2 Å². The zero-order chi connectivity index (χ0) is 17.4. The van der Waals surface area contributed by atoms with E-state index in [1.165, 1.54) is 11.3 Å². The number of nitrogens with zero attached hydrogens (tertiary/aromatic N) is 4. The normalized spacial score (nSPS) is 11.3. The number of fused-ring (bicyclic) bond motifs is 1. The Balaban J connectivity index is 1.95. The Bertz CT molecular complexity index is 1100. The van der Waals surface area contributed by atoms with E-state index in [1.807, 2.05) is 26.9 Å². The van der Waals surface area contributed by atoms with E-state index in [1.54, 1.807) is 30.6 Å². The fourth-order valence-corrected chi connectivity index (χ4v) is 3.73. The molecule has 7 heteroatoms. The molecule has 0 amide bonds. The predicted octanol–water partition coefficient (Wildman–Crippen LogP) is 3.91. The topological polar surface area (TPSA) is 52.7 Å². The molecule has 3 heterocycles. The molecule has 0 spiro atoms.